The minimum atomic E-state index is -3.96. The Labute approximate surface area is 208 Å². The number of aryl methyl sites for hydroxylation is 2. The van der Waals surface area contributed by atoms with Crippen LogP contribution in [0, 0.1) is 13.8 Å². The summed E-state index contributed by atoms with van der Waals surface area (Å²) in [5.74, 6) is -0.534. The zero-order valence-corrected chi connectivity index (χ0v) is 22.0. The van der Waals surface area contributed by atoms with Crippen LogP contribution in [-0.2, 0) is 20.2 Å². The lowest BCUT2D eigenvalue weighted by molar-refractivity contribution is -0.119. The van der Waals surface area contributed by atoms with Gasteiger partial charge in [-0.2, -0.15) is 5.10 Å². The van der Waals surface area contributed by atoms with Crippen molar-refractivity contribution < 1.29 is 13.2 Å². The van der Waals surface area contributed by atoms with Crippen LogP contribution >= 0.6 is 0 Å². The zero-order valence-electron chi connectivity index (χ0n) is 21.2. The molecular formula is C28H33N3O3S. The molecule has 0 aromatic heterocycles. The van der Waals surface area contributed by atoms with E-state index < -0.39 is 22.5 Å². The third kappa shape index (κ3) is 6.36. The van der Waals surface area contributed by atoms with Crippen LogP contribution in [0.15, 0.2) is 82.8 Å². The van der Waals surface area contributed by atoms with Crippen LogP contribution in [0.4, 0.5) is 5.69 Å². The molecule has 184 valence electrons. The molecule has 6 nitrogen and oxygen atoms in total. The highest BCUT2D eigenvalue weighted by molar-refractivity contribution is 7.92. The summed E-state index contributed by atoms with van der Waals surface area (Å²) in [6.45, 7) is 11.7. The Morgan fingerprint density at radius 1 is 0.914 bits per heavy atom. The van der Waals surface area contributed by atoms with Crippen molar-refractivity contribution in [1.82, 2.24) is 5.43 Å². The fourth-order valence-corrected chi connectivity index (χ4v) is 4.94. The SMILES string of the molecule is C/C(=N/NC(=O)CN(c1ccc(C)c(C)c1)S(=O)(=O)c1ccccc1)c1ccc(C(C)(C)C)cc1. The molecule has 3 aromatic carbocycles. The van der Waals surface area contributed by atoms with E-state index >= 15 is 0 Å². The van der Waals surface area contributed by atoms with E-state index in [-0.39, 0.29) is 10.3 Å². The van der Waals surface area contributed by atoms with E-state index in [9.17, 15) is 13.2 Å². The summed E-state index contributed by atoms with van der Waals surface area (Å²) in [7, 11) is -3.96. The minimum Gasteiger partial charge on any atom is -0.271 e. The highest BCUT2D eigenvalue weighted by Crippen LogP contribution is 2.26. The maximum Gasteiger partial charge on any atom is 0.264 e. The maximum absolute atomic E-state index is 13.4. The first-order chi connectivity index (χ1) is 16.4. The van der Waals surface area contributed by atoms with E-state index in [1.165, 1.54) is 17.7 Å². The van der Waals surface area contributed by atoms with Crippen LogP contribution in [-0.4, -0.2) is 26.6 Å². The summed E-state index contributed by atoms with van der Waals surface area (Å²) >= 11 is 0. The molecule has 0 aliphatic heterocycles. The number of amides is 1. The van der Waals surface area contributed by atoms with Crippen LogP contribution in [0.1, 0.15) is 49.9 Å². The molecule has 1 N–H and O–H groups in total. The Bertz CT molecular complexity index is 1320. The molecule has 0 saturated carbocycles. The normalized spacial score (nSPS) is 12.3. The molecule has 0 unspecified atom stereocenters. The van der Waals surface area contributed by atoms with Crippen LogP contribution < -0.4 is 9.73 Å². The molecule has 7 heteroatoms. The monoisotopic (exact) mass is 491 g/mol. The van der Waals surface area contributed by atoms with E-state index in [2.05, 4.69) is 31.3 Å². The van der Waals surface area contributed by atoms with Crippen LogP contribution in [0.2, 0.25) is 0 Å². The predicted molar refractivity (Wildman–Crippen MR) is 142 cm³/mol. The number of anilines is 1. The van der Waals surface area contributed by atoms with Crippen molar-refractivity contribution in [3.8, 4) is 0 Å². The number of hydrogen-bond donors (Lipinski definition) is 1. The van der Waals surface area contributed by atoms with Crippen molar-refractivity contribution in [1.29, 1.82) is 0 Å². The second-order valence-electron chi connectivity index (χ2n) is 9.65. The first kappa shape index (κ1) is 26.2. The number of carbonyl (C=O) groups is 1. The summed E-state index contributed by atoms with van der Waals surface area (Å²) in [5, 5.41) is 4.21. The minimum absolute atomic E-state index is 0.0415. The molecule has 0 spiro atoms. The number of nitrogens with one attached hydrogen (secondary N) is 1. The first-order valence-corrected chi connectivity index (χ1v) is 12.9. The number of carbonyl (C=O) groups excluding carboxylic acids is 1. The van der Waals surface area contributed by atoms with Gasteiger partial charge in [0.25, 0.3) is 15.9 Å². The van der Waals surface area contributed by atoms with Gasteiger partial charge in [0, 0.05) is 0 Å². The smallest absolute Gasteiger partial charge is 0.264 e. The number of benzene rings is 3. The molecule has 0 aliphatic carbocycles. The Hall–Kier alpha value is -3.45. The Morgan fingerprint density at radius 2 is 1.54 bits per heavy atom. The van der Waals surface area contributed by atoms with Crippen molar-refractivity contribution in [2.45, 2.75) is 51.9 Å². The number of hydrogen-bond acceptors (Lipinski definition) is 4. The molecule has 0 bridgehead atoms. The van der Waals surface area contributed by atoms with Gasteiger partial charge in [-0.05, 0) is 72.7 Å². The van der Waals surface area contributed by atoms with Crippen molar-refractivity contribution in [3.05, 3.63) is 95.1 Å². The average molecular weight is 492 g/mol. The lowest BCUT2D eigenvalue weighted by Crippen LogP contribution is -2.39. The molecule has 0 radical (unpaired) electrons. The highest BCUT2D eigenvalue weighted by Gasteiger charge is 2.27. The van der Waals surface area contributed by atoms with Crippen LogP contribution in [0.5, 0.6) is 0 Å². The third-order valence-corrected chi connectivity index (χ3v) is 7.70. The molecule has 0 fully saturated rings. The predicted octanol–water partition coefficient (Wildman–Crippen LogP) is 5.34. The molecule has 3 rings (SSSR count). The molecular weight excluding hydrogens is 458 g/mol. The Kier molecular flexibility index (Phi) is 7.80. The largest absolute Gasteiger partial charge is 0.271 e. The molecule has 0 heterocycles. The lowest BCUT2D eigenvalue weighted by Gasteiger charge is -2.24. The maximum atomic E-state index is 13.4. The van der Waals surface area contributed by atoms with Gasteiger partial charge in [0.2, 0.25) is 0 Å². The molecule has 3 aromatic rings. The van der Waals surface area contributed by atoms with E-state index in [1.54, 1.807) is 37.3 Å². The second-order valence-corrected chi connectivity index (χ2v) is 11.5. The Morgan fingerprint density at radius 3 is 2.11 bits per heavy atom. The topological polar surface area (TPSA) is 78.8 Å². The first-order valence-electron chi connectivity index (χ1n) is 11.5. The second kappa shape index (κ2) is 10.4. The van der Waals surface area contributed by atoms with Gasteiger partial charge in [-0.25, -0.2) is 13.8 Å². The van der Waals surface area contributed by atoms with E-state index in [1.807, 2.05) is 44.2 Å². The van der Waals surface area contributed by atoms with E-state index in [0.29, 0.717) is 11.4 Å². The fraction of sp³-hybridized carbons (Fsp3) is 0.286. The summed E-state index contributed by atoms with van der Waals surface area (Å²) in [5.41, 5.74) is 7.66. The van der Waals surface area contributed by atoms with Gasteiger partial charge < -0.3 is 0 Å². The standard InChI is InChI=1S/C28H33N3O3S/c1-20-12-17-25(18-21(20)2)31(35(33,34)26-10-8-7-9-11-26)19-27(32)30-29-22(3)23-13-15-24(16-14-23)28(4,5)6/h7-18H,19H2,1-6H3,(H,30,32)/b29-22-. The van der Waals surface area contributed by atoms with Gasteiger partial charge in [0.1, 0.15) is 6.54 Å². The van der Waals surface area contributed by atoms with Crippen molar-refractivity contribution in [3.63, 3.8) is 0 Å². The van der Waals surface area contributed by atoms with Gasteiger partial charge in [0.05, 0.1) is 16.3 Å². The van der Waals surface area contributed by atoms with Crippen molar-refractivity contribution >= 4 is 27.3 Å². The summed E-state index contributed by atoms with van der Waals surface area (Å²) in [6.07, 6.45) is 0. The quantitative estimate of drug-likeness (QED) is 0.358. The van der Waals surface area contributed by atoms with Gasteiger partial charge in [-0.3, -0.25) is 9.10 Å². The fourth-order valence-electron chi connectivity index (χ4n) is 3.50. The molecule has 0 aliphatic rings. The molecule has 35 heavy (non-hydrogen) atoms. The van der Waals surface area contributed by atoms with E-state index in [0.717, 1.165) is 21.0 Å². The van der Waals surface area contributed by atoms with Crippen LogP contribution in [0.3, 0.4) is 0 Å². The summed E-state index contributed by atoms with van der Waals surface area (Å²) in [6, 6.07) is 21.4. The van der Waals surface area contributed by atoms with Crippen molar-refractivity contribution in [2.75, 3.05) is 10.8 Å². The lowest BCUT2D eigenvalue weighted by atomic mass is 9.86. The molecule has 0 atom stereocenters. The van der Waals surface area contributed by atoms with Gasteiger partial charge in [0.15, 0.2) is 0 Å². The van der Waals surface area contributed by atoms with Gasteiger partial charge >= 0.3 is 0 Å². The summed E-state index contributed by atoms with van der Waals surface area (Å²) < 4.78 is 28.0. The highest BCUT2D eigenvalue weighted by atomic mass is 32.2. The van der Waals surface area contributed by atoms with Crippen molar-refractivity contribution in [2.24, 2.45) is 5.10 Å². The number of rotatable bonds is 7. The van der Waals surface area contributed by atoms with Gasteiger partial charge in [-0.15, -0.1) is 0 Å². The number of sulfonamides is 1. The molecule has 1 amide bonds. The average Bonchev–Trinajstić information content (AvgIpc) is 2.83. The van der Waals surface area contributed by atoms with Gasteiger partial charge in [-0.1, -0.05) is 69.3 Å². The Balaban J connectivity index is 1.84. The summed E-state index contributed by atoms with van der Waals surface area (Å²) in [4.78, 5) is 13.0. The van der Waals surface area contributed by atoms with E-state index in [4.69, 9.17) is 0 Å². The zero-order chi connectivity index (χ0) is 25.8. The number of nitrogens with zero attached hydrogens (tertiary/aromatic N) is 2. The number of hydrazone groups is 1. The van der Waals surface area contributed by atoms with Crippen LogP contribution in [0.25, 0.3) is 0 Å². The molecule has 0 saturated heterocycles. The third-order valence-electron chi connectivity index (χ3n) is 5.91.